The number of amides is 2. The Hall–Kier alpha value is -2.83. The molecule has 0 bridgehead atoms. The van der Waals surface area contributed by atoms with Gasteiger partial charge in [-0.1, -0.05) is 50.2 Å². The van der Waals surface area contributed by atoms with Crippen LogP contribution in [0.25, 0.3) is 0 Å². The van der Waals surface area contributed by atoms with E-state index in [-0.39, 0.29) is 24.9 Å². The first-order chi connectivity index (χ1) is 15.1. The van der Waals surface area contributed by atoms with Crippen molar-refractivity contribution >= 4 is 11.8 Å². The van der Waals surface area contributed by atoms with Gasteiger partial charge in [-0.05, 0) is 42.5 Å². The molecule has 7 heteroatoms. The molecule has 0 unspecified atom stereocenters. The van der Waals surface area contributed by atoms with Crippen LogP contribution in [0.2, 0.25) is 0 Å². The molecule has 2 atom stereocenters. The van der Waals surface area contributed by atoms with E-state index >= 15 is 0 Å². The number of hydrogen-bond donors (Lipinski definition) is 1. The Balaban J connectivity index is 1.88. The van der Waals surface area contributed by atoms with Gasteiger partial charge in [-0.2, -0.15) is 13.2 Å². The van der Waals surface area contributed by atoms with Crippen molar-refractivity contribution in [2.75, 3.05) is 19.6 Å². The van der Waals surface area contributed by atoms with E-state index in [4.69, 9.17) is 0 Å². The van der Waals surface area contributed by atoms with Gasteiger partial charge in [0.25, 0.3) is 5.91 Å². The van der Waals surface area contributed by atoms with Crippen LogP contribution in [-0.2, 0) is 11.0 Å². The third-order valence-corrected chi connectivity index (χ3v) is 5.98. The first kappa shape index (κ1) is 23.8. The molecule has 3 rings (SSSR count). The molecule has 0 radical (unpaired) electrons. The van der Waals surface area contributed by atoms with Crippen molar-refractivity contribution in [1.29, 1.82) is 0 Å². The summed E-state index contributed by atoms with van der Waals surface area (Å²) in [6, 6.07) is 12.3. The molecule has 1 saturated heterocycles. The Bertz CT molecular complexity index is 972. The van der Waals surface area contributed by atoms with Crippen molar-refractivity contribution in [3.05, 3.63) is 70.8 Å². The van der Waals surface area contributed by atoms with E-state index in [9.17, 15) is 22.8 Å². The van der Waals surface area contributed by atoms with Crippen LogP contribution < -0.4 is 5.32 Å². The van der Waals surface area contributed by atoms with Crippen LogP contribution >= 0.6 is 0 Å². The molecule has 2 aromatic rings. The highest BCUT2D eigenvalue weighted by molar-refractivity contribution is 5.96. The van der Waals surface area contributed by atoms with E-state index in [0.717, 1.165) is 24.1 Å². The number of alkyl halides is 3. The van der Waals surface area contributed by atoms with Gasteiger partial charge in [0.05, 0.1) is 11.5 Å². The molecule has 2 amide bonds. The number of nitrogens with one attached hydrogen (secondary N) is 1. The highest BCUT2D eigenvalue weighted by Crippen LogP contribution is 2.37. The van der Waals surface area contributed by atoms with Gasteiger partial charge in [-0.25, -0.2) is 0 Å². The SMILES string of the molecule is Cc1ccccc1C(=O)N1C[C@H](C(=O)NCCC(C)C)[C@H](c2cccc(C(F)(F)F)c2)C1. The summed E-state index contributed by atoms with van der Waals surface area (Å²) in [4.78, 5) is 27.7. The third kappa shape index (κ3) is 5.50. The number of carbonyl (C=O) groups excluding carboxylic acids is 2. The number of carbonyl (C=O) groups is 2. The van der Waals surface area contributed by atoms with Crippen molar-refractivity contribution in [2.45, 2.75) is 39.3 Å². The van der Waals surface area contributed by atoms with Crippen molar-refractivity contribution < 1.29 is 22.8 Å². The molecule has 0 aliphatic carbocycles. The summed E-state index contributed by atoms with van der Waals surface area (Å²) < 4.78 is 39.8. The average Bonchev–Trinajstić information content (AvgIpc) is 3.18. The number of rotatable bonds is 6. The second-order valence-corrected chi connectivity index (χ2v) is 8.83. The van der Waals surface area contributed by atoms with Gasteiger partial charge in [0.1, 0.15) is 0 Å². The van der Waals surface area contributed by atoms with Crippen LogP contribution in [0.5, 0.6) is 0 Å². The highest BCUT2D eigenvalue weighted by Gasteiger charge is 2.41. The largest absolute Gasteiger partial charge is 0.416 e. The monoisotopic (exact) mass is 446 g/mol. The molecule has 1 aliphatic rings. The summed E-state index contributed by atoms with van der Waals surface area (Å²) in [6.45, 7) is 6.79. The fraction of sp³-hybridized carbons (Fsp3) is 0.440. The molecule has 1 N–H and O–H groups in total. The molecular weight excluding hydrogens is 417 g/mol. The standard InChI is InChI=1S/C25H29F3N2O2/c1-16(2)11-12-29-23(31)22-15-30(24(32)20-10-5-4-7-17(20)3)14-21(22)18-8-6-9-19(13-18)25(26,27)28/h4-10,13,16,21-22H,11-12,14-15H2,1-3H3,(H,29,31)/t21-,22-/m0/s1. The molecule has 32 heavy (non-hydrogen) atoms. The van der Waals surface area contributed by atoms with Crippen LogP contribution in [0.4, 0.5) is 13.2 Å². The Kier molecular flexibility index (Phi) is 7.26. The highest BCUT2D eigenvalue weighted by atomic mass is 19.4. The number of likely N-dealkylation sites (tertiary alicyclic amines) is 1. The average molecular weight is 447 g/mol. The zero-order valence-corrected chi connectivity index (χ0v) is 18.6. The minimum atomic E-state index is -4.47. The minimum absolute atomic E-state index is 0.168. The number of aryl methyl sites for hydroxylation is 1. The smallest absolute Gasteiger partial charge is 0.356 e. The zero-order valence-electron chi connectivity index (χ0n) is 18.6. The molecule has 2 aromatic carbocycles. The molecule has 1 heterocycles. The molecular formula is C25H29F3N2O2. The summed E-state index contributed by atoms with van der Waals surface area (Å²) in [5, 5.41) is 2.91. The van der Waals surface area contributed by atoms with Crippen molar-refractivity contribution in [3.63, 3.8) is 0 Å². The van der Waals surface area contributed by atoms with Crippen molar-refractivity contribution in [2.24, 2.45) is 11.8 Å². The lowest BCUT2D eigenvalue weighted by Gasteiger charge is -2.19. The minimum Gasteiger partial charge on any atom is -0.356 e. The summed E-state index contributed by atoms with van der Waals surface area (Å²) in [5.41, 5.74) is 1.02. The number of nitrogens with zero attached hydrogens (tertiary/aromatic N) is 1. The van der Waals surface area contributed by atoms with E-state index < -0.39 is 23.6 Å². The molecule has 0 aromatic heterocycles. The predicted octanol–water partition coefficient (Wildman–Crippen LogP) is 5.03. The molecule has 1 aliphatic heterocycles. The van der Waals surface area contributed by atoms with Crippen LogP contribution in [0, 0.1) is 18.8 Å². The van der Waals surface area contributed by atoms with E-state index in [1.807, 2.05) is 19.1 Å². The quantitative estimate of drug-likeness (QED) is 0.677. The van der Waals surface area contributed by atoms with Gasteiger partial charge in [-0.15, -0.1) is 0 Å². The van der Waals surface area contributed by atoms with Gasteiger partial charge in [0, 0.05) is 31.1 Å². The Morgan fingerprint density at radius 3 is 2.47 bits per heavy atom. The van der Waals surface area contributed by atoms with E-state index in [0.29, 0.717) is 23.6 Å². The van der Waals surface area contributed by atoms with Crippen molar-refractivity contribution in [1.82, 2.24) is 10.2 Å². The molecule has 1 fully saturated rings. The lowest BCUT2D eigenvalue weighted by Crippen LogP contribution is -2.36. The molecule has 0 saturated carbocycles. The first-order valence-corrected chi connectivity index (χ1v) is 10.9. The zero-order chi connectivity index (χ0) is 23.5. The number of halogens is 3. The maximum atomic E-state index is 13.3. The van der Waals surface area contributed by atoms with Gasteiger partial charge >= 0.3 is 6.18 Å². The van der Waals surface area contributed by atoms with Crippen LogP contribution in [0.1, 0.15) is 53.2 Å². The van der Waals surface area contributed by atoms with Crippen molar-refractivity contribution in [3.8, 4) is 0 Å². The second-order valence-electron chi connectivity index (χ2n) is 8.83. The van der Waals surface area contributed by atoms with Crippen LogP contribution in [-0.4, -0.2) is 36.3 Å². The Morgan fingerprint density at radius 2 is 1.81 bits per heavy atom. The maximum Gasteiger partial charge on any atom is 0.416 e. The van der Waals surface area contributed by atoms with Crippen LogP contribution in [0.3, 0.4) is 0 Å². The Labute approximate surface area is 186 Å². The fourth-order valence-corrected chi connectivity index (χ4v) is 4.12. The number of hydrogen-bond acceptors (Lipinski definition) is 2. The van der Waals surface area contributed by atoms with E-state index in [1.165, 1.54) is 6.07 Å². The van der Waals surface area contributed by atoms with Gasteiger partial charge in [0.15, 0.2) is 0 Å². The lowest BCUT2D eigenvalue weighted by molar-refractivity contribution is -0.137. The normalized spacial score (nSPS) is 18.8. The van der Waals surface area contributed by atoms with Gasteiger partial charge < -0.3 is 10.2 Å². The van der Waals surface area contributed by atoms with E-state index in [2.05, 4.69) is 19.2 Å². The molecule has 172 valence electrons. The summed E-state index contributed by atoms with van der Waals surface area (Å²) in [5.74, 6) is -1.15. The fourth-order valence-electron chi connectivity index (χ4n) is 4.12. The lowest BCUT2D eigenvalue weighted by atomic mass is 9.87. The predicted molar refractivity (Wildman–Crippen MR) is 117 cm³/mol. The maximum absolute atomic E-state index is 13.3. The topological polar surface area (TPSA) is 49.4 Å². The molecule has 4 nitrogen and oxygen atoms in total. The second kappa shape index (κ2) is 9.76. The van der Waals surface area contributed by atoms with Crippen LogP contribution in [0.15, 0.2) is 48.5 Å². The summed E-state index contributed by atoms with van der Waals surface area (Å²) in [7, 11) is 0. The third-order valence-electron chi connectivity index (χ3n) is 5.98. The van der Waals surface area contributed by atoms with Gasteiger partial charge in [0.2, 0.25) is 5.91 Å². The summed E-state index contributed by atoms with van der Waals surface area (Å²) >= 11 is 0. The molecule has 0 spiro atoms. The van der Waals surface area contributed by atoms with Gasteiger partial charge in [-0.3, -0.25) is 9.59 Å². The van der Waals surface area contributed by atoms with E-state index in [1.54, 1.807) is 23.1 Å². The first-order valence-electron chi connectivity index (χ1n) is 10.9. The summed E-state index contributed by atoms with van der Waals surface area (Å²) in [6.07, 6.45) is -3.67. The Morgan fingerprint density at radius 1 is 1.09 bits per heavy atom. The number of benzene rings is 2.